The molecule has 0 fully saturated rings. The van der Waals surface area contributed by atoms with E-state index in [9.17, 15) is 0 Å². The fourth-order valence-electron chi connectivity index (χ4n) is 10.7. The summed E-state index contributed by atoms with van der Waals surface area (Å²) < 4.78 is 0. The summed E-state index contributed by atoms with van der Waals surface area (Å²) in [6, 6.07) is 75.8. The quantitative estimate of drug-likeness (QED) is 0.123. The van der Waals surface area contributed by atoms with Crippen molar-refractivity contribution in [2.75, 3.05) is 9.80 Å². The third-order valence-corrected chi connectivity index (χ3v) is 13.8. The molecule has 12 aromatic rings. The molecular formula is C61H42N4. The van der Waals surface area contributed by atoms with Gasteiger partial charge in [0.05, 0.1) is 22.4 Å². The van der Waals surface area contributed by atoms with Gasteiger partial charge in [-0.25, -0.2) is 0 Å². The van der Waals surface area contributed by atoms with Gasteiger partial charge in [0.15, 0.2) is 0 Å². The number of aromatic nitrogens is 2. The first-order valence-electron chi connectivity index (χ1n) is 22.4. The van der Waals surface area contributed by atoms with Crippen molar-refractivity contribution in [2.45, 2.75) is 19.3 Å². The van der Waals surface area contributed by atoms with Crippen molar-refractivity contribution in [3.63, 3.8) is 0 Å². The second-order valence-corrected chi connectivity index (χ2v) is 17.9. The van der Waals surface area contributed by atoms with Crippen LogP contribution in [0.2, 0.25) is 0 Å². The van der Waals surface area contributed by atoms with Crippen LogP contribution in [0.25, 0.3) is 76.0 Å². The summed E-state index contributed by atoms with van der Waals surface area (Å²) in [6.07, 6.45) is 3.74. The largest absolute Gasteiger partial charge is 0.309 e. The number of nitrogens with zero attached hydrogens (tertiary/aromatic N) is 4. The van der Waals surface area contributed by atoms with E-state index in [-0.39, 0.29) is 5.41 Å². The van der Waals surface area contributed by atoms with Crippen LogP contribution in [0.15, 0.2) is 219 Å². The van der Waals surface area contributed by atoms with Crippen molar-refractivity contribution in [2.24, 2.45) is 0 Å². The molecule has 0 spiro atoms. The van der Waals surface area contributed by atoms with Gasteiger partial charge < -0.3 is 9.80 Å². The molecule has 1 aliphatic rings. The smallest absolute Gasteiger partial charge is 0.0703 e. The normalized spacial score (nSPS) is 12.9. The highest BCUT2D eigenvalue weighted by Crippen LogP contribution is 2.56. The zero-order valence-electron chi connectivity index (χ0n) is 36.1. The molecule has 306 valence electrons. The summed E-state index contributed by atoms with van der Waals surface area (Å²) in [7, 11) is 0. The summed E-state index contributed by atoms with van der Waals surface area (Å²) in [5.41, 5.74) is 13.5. The average Bonchev–Trinajstić information content (AvgIpc) is 3.58. The van der Waals surface area contributed by atoms with E-state index >= 15 is 0 Å². The maximum Gasteiger partial charge on any atom is 0.0703 e. The van der Waals surface area contributed by atoms with E-state index in [0.29, 0.717) is 0 Å². The van der Waals surface area contributed by atoms with Crippen LogP contribution in [0.4, 0.5) is 34.1 Å². The van der Waals surface area contributed by atoms with E-state index < -0.39 is 0 Å². The standard InChI is InChI=1S/C61H42N4/c1-61(2)55-22-10-9-19-49(55)52-37-53-54(38-56(52)61)60(65(46-26-24-40-14-4-6-16-42(40)34-46)48-28-30-58-44(36-48)18-12-32-63-58)51-21-8-7-20-50(51)59(53)64(45-25-23-39-13-3-5-15-41(39)33-45)47-27-29-57-43(35-47)17-11-31-62-57/h3-38H,1-2H3. The number of hydrogen-bond acceptors (Lipinski definition) is 4. The van der Waals surface area contributed by atoms with Gasteiger partial charge >= 0.3 is 0 Å². The molecule has 0 atom stereocenters. The van der Waals surface area contributed by atoms with Crippen LogP contribution < -0.4 is 9.80 Å². The lowest BCUT2D eigenvalue weighted by molar-refractivity contribution is 0.661. The molecular weight excluding hydrogens is 789 g/mol. The van der Waals surface area contributed by atoms with E-state index in [1.165, 1.54) is 49.2 Å². The van der Waals surface area contributed by atoms with Gasteiger partial charge in [-0.1, -0.05) is 135 Å². The van der Waals surface area contributed by atoms with E-state index in [1.54, 1.807) is 0 Å². The molecule has 65 heavy (non-hydrogen) atoms. The minimum absolute atomic E-state index is 0.227. The van der Waals surface area contributed by atoms with Crippen LogP contribution in [0.3, 0.4) is 0 Å². The van der Waals surface area contributed by atoms with E-state index in [1.807, 2.05) is 24.5 Å². The second-order valence-electron chi connectivity index (χ2n) is 17.9. The Balaban J connectivity index is 1.20. The molecule has 2 heterocycles. The average molecular weight is 831 g/mol. The minimum atomic E-state index is -0.227. The second kappa shape index (κ2) is 14.3. The summed E-state index contributed by atoms with van der Waals surface area (Å²) >= 11 is 0. The van der Waals surface area contributed by atoms with E-state index in [4.69, 9.17) is 9.97 Å². The van der Waals surface area contributed by atoms with Crippen LogP contribution in [0, 0.1) is 0 Å². The van der Waals surface area contributed by atoms with Gasteiger partial charge in [0.25, 0.3) is 0 Å². The zero-order chi connectivity index (χ0) is 43.2. The fourth-order valence-corrected chi connectivity index (χ4v) is 10.7. The number of pyridine rings is 2. The molecule has 0 N–H and O–H groups in total. The lowest BCUT2D eigenvalue weighted by atomic mass is 9.81. The lowest BCUT2D eigenvalue weighted by Crippen LogP contribution is -2.17. The first-order valence-corrected chi connectivity index (χ1v) is 22.4. The van der Waals surface area contributed by atoms with Gasteiger partial charge in [-0.2, -0.15) is 0 Å². The van der Waals surface area contributed by atoms with Crippen molar-refractivity contribution in [1.29, 1.82) is 0 Å². The highest BCUT2D eigenvalue weighted by atomic mass is 15.2. The van der Waals surface area contributed by atoms with Crippen molar-refractivity contribution in [1.82, 2.24) is 9.97 Å². The lowest BCUT2D eigenvalue weighted by Gasteiger charge is -2.34. The molecule has 0 saturated heterocycles. The molecule has 0 bridgehead atoms. The maximum atomic E-state index is 4.74. The molecule has 0 aliphatic heterocycles. The molecule has 4 heteroatoms. The van der Waals surface area contributed by atoms with Crippen LogP contribution in [-0.4, -0.2) is 9.97 Å². The molecule has 1 aliphatic carbocycles. The third kappa shape index (κ3) is 5.84. The van der Waals surface area contributed by atoms with Crippen molar-refractivity contribution in [3.05, 3.63) is 230 Å². The Labute approximate surface area is 377 Å². The predicted octanol–water partition coefficient (Wildman–Crippen LogP) is 16.6. The molecule has 10 aromatic carbocycles. The van der Waals surface area contributed by atoms with Crippen LogP contribution >= 0.6 is 0 Å². The Kier molecular flexibility index (Phi) is 8.22. The van der Waals surface area contributed by atoms with Crippen molar-refractivity contribution < 1.29 is 0 Å². The van der Waals surface area contributed by atoms with Gasteiger partial charge in [0.2, 0.25) is 0 Å². The summed E-state index contributed by atoms with van der Waals surface area (Å²) in [4.78, 5) is 14.5. The summed E-state index contributed by atoms with van der Waals surface area (Å²) in [5, 5.41) is 11.6. The highest BCUT2D eigenvalue weighted by Gasteiger charge is 2.37. The summed E-state index contributed by atoms with van der Waals surface area (Å²) in [6.45, 7) is 4.76. The van der Waals surface area contributed by atoms with Gasteiger partial charge in [-0.15, -0.1) is 0 Å². The molecule has 13 rings (SSSR count). The molecule has 4 nitrogen and oxygen atoms in total. The number of benzene rings is 10. The number of hydrogen-bond donors (Lipinski definition) is 0. The topological polar surface area (TPSA) is 32.3 Å². The Morgan fingerprint density at radius 2 is 0.754 bits per heavy atom. The first kappa shape index (κ1) is 37.2. The van der Waals surface area contributed by atoms with Crippen molar-refractivity contribution in [3.8, 4) is 11.1 Å². The van der Waals surface area contributed by atoms with Crippen LogP contribution in [0.5, 0.6) is 0 Å². The molecule has 0 saturated carbocycles. The Hall–Kier alpha value is -8.34. The van der Waals surface area contributed by atoms with Gasteiger partial charge in [0, 0.05) is 72.9 Å². The molecule has 2 aromatic heterocycles. The van der Waals surface area contributed by atoms with E-state index in [2.05, 4.69) is 218 Å². The Bertz CT molecular complexity index is 3750. The molecule has 0 radical (unpaired) electrons. The minimum Gasteiger partial charge on any atom is -0.309 e. The maximum absolute atomic E-state index is 4.74. The van der Waals surface area contributed by atoms with Gasteiger partial charge in [-0.3, -0.25) is 9.97 Å². The van der Waals surface area contributed by atoms with Gasteiger partial charge in [-0.05, 0) is 129 Å². The number of anilines is 6. The SMILES string of the molecule is CC1(C)c2ccccc2-c2cc3c(N(c4ccc5ccccc5c4)c4ccc5ncccc5c4)c4ccccc4c(N(c4ccc5ccccc5c4)c4ccc5ncccc5c4)c3cc21. The van der Waals surface area contributed by atoms with Crippen molar-refractivity contribution >= 4 is 99.0 Å². The Morgan fingerprint density at radius 3 is 1.31 bits per heavy atom. The Morgan fingerprint density at radius 1 is 0.323 bits per heavy atom. The molecule has 0 unspecified atom stereocenters. The van der Waals surface area contributed by atoms with Gasteiger partial charge in [0.1, 0.15) is 0 Å². The summed E-state index contributed by atoms with van der Waals surface area (Å²) in [5.74, 6) is 0. The highest BCUT2D eigenvalue weighted by molar-refractivity contribution is 6.25. The molecule has 0 amide bonds. The van der Waals surface area contributed by atoms with Crippen LogP contribution in [0.1, 0.15) is 25.0 Å². The zero-order valence-corrected chi connectivity index (χ0v) is 36.1. The fraction of sp³-hybridized carbons (Fsp3) is 0.0492. The number of rotatable bonds is 6. The third-order valence-electron chi connectivity index (χ3n) is 13.8. The van der Waals surface area contributed by atoms with Crippen LogP contribution in [-0.2, 0) is 5.41 Å². The predicted molar refractivity (Wildman–Crippen MR) is 274 cm³/mol. The number of fused-ring (bicyclic) bond motifs is 9. The first-order chi connectivity index (χ1) is 32.0. The monoisotopic (exact) mass is 830 g/mol. The van der Waals surface area contributed by atoms with E-state index in [0.717, 1.165) is 72.1 Å².